The summed E-state index contributed by atoms with van der Waals surface area (Å²) in [6, 6.07) is 12.3. The van der Waals surface area contributed by atoms with Crippen molar-refractivity contribution in [3.8, 4) is 0 Å². The molecule has 1 aromatic carbocycles. The predicted octanol–water partition coefficient (Wildman–Crippen LogP) is 4.04. The highest BCUT2D eigenvalue weighted by Gasteiger charge is 2.23. The normalized spacial score (nSPS) is 26.0. The van der Waals surface area contributed by atoms with E-state index in [0.29, 0.717) is 0 Å². The maximum absolute atomic E-state index is 2.68. The average Bonchev–Trinajstić information content (AvgIpc) is 2.34. The zero-order valence-corrected chi connectivity index (χ0v) is 11.7. The molecule has 94 valence electrons. The first-order valence-corrected chi connectivity index (χ1v) is 7.69. The van der Waals surface area contributed by atoms with Crippen LogP contribution in [0, 0.1) is 0 Å². The Balaban J connectivity index is 1.77. The Kier molecular flexibility index (Phi) is 4.93. The molecule has 0 N–H and O–H groups in total. The Bertz CT molecular complexity index is 315. The van der Waals surface area contributed by atoms with Crippen LogP contribution in [0.2, 0.25) is 0 Å². The molecule has 1 aromatic rings. The van der Waals surface area contributed by atoms with Crippen molar-refractivity contribution < 1.29 is 0 Å². The SMILES string of the molecule is CC1CCCC(C)N1CCSc1ccccc1. The summed E-state index contributed by atoms with van der Waals surface area (Å²) in [6.45, 7) is 5.98. The molecule has 1 aliphatic rings. The smallest absolute Gasteiger partial charge is 0.0108 e. The predicted molar refractivity (Wildman–Crippen MR) is 76.6 cm³/mol. The lowest BCUT2D eigenvalue weighted by molar-refractivity contribution is 0.112. The van der Waals surface area contributed by atoms with Crippen LogP contribution in [0.1, 0.15) is 33.1 Å². The summed E-state index contributed by atoms with van der Waals surface area (Å²) in [5.74, 6) is 1.21. The van der Waals surface area contributed by atoms with E-state index in [9.17, 15) is 0 Å². The van der Waals surface area contributed by atoms with Crippen molar-refractivity contribution in [2.75, 3.05) is 12.3 Å². The summed E-state index contributed by atoms with van der Waals surface area (Å²) in [4.78, 5) is 4.07. The molecule has 0 bridgehead atoms. The standard InChI is InChI=1S/C15H23NS/c1-13-7-6-8-14(2)16(13)11-12-17-15-9-4-3-5-10-15/h3-5,9-10,13-14H,6-8,11-12H2,1-2H3. The van der Waals surface area contributed by atoms with Gasteiger partial charge in [-0.1, -0.05) is 24.6 Å². The molecule has 1 heterocycles. The number of nitrogens with zero attached hydrogens (tertiary/aromatic N) is 1. The highest BCUT2D eigenvalue weighted by Crippen LogP contribution is 2.24. The lowest BCUT2D eigenvalue weighted by Crippen LogP contribution is -2.44. The molecule has 0 spiro atoms. The molecular weight excluding hydrogens is 226 g/mol. The molecular formula is C15H23NS. The number of hydrogen-bond acceptors (Lipinski definition) is 2. The van der Waals surface area contributed by atoms with Crippen LogP contribution in [0.15, 0.2) is 35.2 Å². The minimum atomic E-state index is 0.773. The van der Waals surface area contributed by atoms with Gasteiger partial charge in [-0.15, -0.1) is 11.8 Å². The minimum absolute atomic E-state index is 0.773. The number of thioether (sulfide) groups is 1. The van der Waals surface area contributed by atoms with E-state index in [2.05, 4.69) is 49.1 Å². The first-order chi connectivity index (χ1) is 8.27. The van der Waals surface area contributed by atoms with Crippen LogP contribution in [0.5, 0.6) is 0 Å². The molecule has 0 aliphatic carbocycles. The molecule has 1 fully saturated rings. The van der Waals surface area contributed by atoms with Crippen molar-refractivity contribution in [1.82, 2.24) is 4.90 Å². The van der Waals surface area contributed by atoms with E-state index < -0.39 is 0 Å². The Morgan fingerprint density at radius 1 is 1.12 bits per heavy atom. The van der Waals surface area contributed by atoms with E-state index in [1.807, 2.05) is 11.8 Å². The number of piperidine rings is 1. The van der Waals surface area contributed by atoms with Gasteiger partial charge in [0.1, 0.15) is 0 Å². The van der Waals surface area contributed by atoms with Crippen molar-refractivity contribution in [1.29, 1.82) is 0 Å². The lowest BCUT2D eigenvalue weighted by atomic mass is 9.98. The van der Waals surface area contributed by atoms with Gasteiger partial charge in [-0.05, 0) is 38.8 Å². The van der Waals surface area contributed by atoms with Crippen molar-refractivity contribution in [2.45, 2.75) is 50.1 Å². The van der Waals surface area contributed by atoms with E-state index in [4.69, 9.17) is 0 Å². The maximum atomic E-state index is 2.68. The summed E-state index contributed by atoms with van der Waals surface area (Å²) in [6.07, 6.45) is 4.16. The van der Waals surface area contributed by atoms with E-state index in [1.54, 1.807) is 0 Å². The first-order valence-electron chi connectivity index (χ1n) is 6.71. The fourth-order valence-electron chi connectivity index (χ4n) is 2.70. The largest absolute Gasteiger partial charge is 0.297 e. The third kappa shape index (κ3) is 3.75. The van der Waals surface area contributed by atoms with Gasteiger partial charge in [0.05, 0.1) is 0 Å². The van der Waals surface area contributed by atoms with Crippen molar-refractivity contribution in [3.05, 3.63) is 30.3 Å². The maximum Gasteiger partial charge on any atom is 0.0108 e. The molecule has 0 saturated carbocycles. The summed E-state index contributed by atoms with van der Waals surface area (Å²) < 4.78 is 0. The number of likely N-dealkylation sites (tertiary alicyclic amines) is 1. The summed E-state index contributed by atoms with van der Waals surface area (Å²) in [5.41, 5.74) is 0. The number of rotatable bonds is 4. The van der Waals surface area contributed by atoms with Gasteiger partial charge in [0.2, 0.25) is 0 Å². The van der Waals surface area contributed by atoms with Gasteiger partial charge in [-0.25, -0.2) is 0 Å². The zero-order chi connectivity index (χ0) is 12.1. The molecule has 1 nitrogen and oxygen atoms in total. The van der Waals surface area contributed by atoms with Gasteiger partial charge in [0, 0.05) is 29.3 Å². The fraction of sp³-hybridized carbons (Fsp3) is 0.600. The number of benzene rings is 1. The Labute approximate surface area is 110 Å². The van der Waals surface area contributed by atoms with Crippen LogP contribution in [-0.2, 0) is 0 Å². The topological polar surface area (TPSA) is 3.24 Å². The Morgan fingerprint density at radius 3 is 2.41 bits per heavy atom. The second-order valence-electron chi connectivity index (χ2n) is 5.03. The molecule has 2 unspecified atom stereocenters. The quantitative estimate of drug-likeness (QED) is 0.741. The molecule has 0 aromatic heterocycles. The average molecular weight is 249 g/mol. The summed E-state index contributed by atoms with van der Waals surface area (Å²) in [7, 11) is 0. The van der Waals surface area contributed by atoms with E-state index in [0.717, 1.165) is 12.1 Å². The summed E-state index contributed by atoms with van der Waals surface area (Å²) >= 11 is 1.98. The van der Waals surface area contributed by atoms with Crippen molar-refractivity contribution >= 4 is 11.8 Å². The molecule has 17 heavy (non-hydrogen) atoms. The lowest BCUT2D eigenvalue weighted by Gasteiger charge is -2.38. The third-order valence-corrected chi connectivity index (χ3v) is 4.73. The minimum Gasteiger partial charge on any atom is -0.297 e. The van der Waals surface area contributed by atoms with Gasteiger partial charge in [0.15, 0.2) is 0 Å². The molecule has 2 rings (SSSR count). The molecule has 1 aliphatic heterocycles. The zero-order valence-electron chi connectivity index (χ0n) is 10.9. The van der Waals surface area contributed by atoms with Gasteiger partial charge in [-0.3, -0.25) is 4.90 Å². The van der Waals surface area contributed by atoms with Gasteiger partial charge < -0.3 is 0 Å². The van der Waals surface area contributed by atoms with Crippen LogP contribution in [0.3, 0.4) is 0 Å². The molecule has 2 heteroatoms. The molecule has 0 radical (unpaired) electrons. The second kappa shape index (κ2) is 6.46. The van der Waals surface area contributed by atoms with Crippen LogP contribution < -0.4 is 0 Å². The fourth-order valence-corrected chi connectivity index (χ4v) is 3.59. The van der Waals surface area contributed by atoms with Gasteiger partial charge in [-0.2, -0.15) is 0 Å². The van der Waals surface area contributed by atoms with Crippen molar-refractivity contribution in [2.24, 2.45) is 0 Å². The van der Waals surface area contributed by atoms with Crippen LogP contribution in [0.4, 0.5) is 0 Å². The van der Waals surface area contributed by atoms with Crippen molar-refractivity contribution in [3.63, 3.8) is 0 Å². The molecule has 0 amide bonds. The third-order valence-electron chi connectivity index (χ3n) is 3.74. The summed E-state index contributed by atoms with van der Waals surface area (Å²) in [5, 5.41) is 0. The highest BCUT2D eigenvalue weighted by atomic mass is 32.2. The van der Waals surface area contributed by atoms with Gasteiger partial charge >= 0.3 is 0 Å². The number of hydrogen-bond donors (Lipinski definition) is 0. The monoisotopic (exact) mass is 249 g/mol. The van der Waals surface area contributed by atoms with Gasteiger partial charge in [0.25, 0.3) is 0 Å². The van der Waals surface area contributed by atoms with E-state index >= 15 is 0 Å². The van der Waals surface area contributed by atoms with Crippen LogP contribution in [0.25, 0.3) is 0 Å². The molecule has 2 atom stereocenters. The molecule has 1 saturated heterocycles. The Hall–Kier alpha value is -0.470. The highest BCUT2D eigenvalue weighted by molar-refractivity contribution is 7.99. The van der Waals surface area contributed by atoms with E-state index in [1.165, 1.54) is 36.5 Å². The second-order valence-corrected chi connectivity index (χ2v) is 6.20. The van der Waals surface area contributed by atoms with Crippen LogP contribution >= 0.6 is 11.8 Å². The first kappa shape index (κ1) is 13.0. The van der Waals surface area contributed by atoms with Crippen LogP contribution in [-0.4, -0.2) is 29.3 Å². The Morgan fingerprint density at radius 2 is 1.76 bits per heavy atom. The van der Waals surface area contributed by atoms with E-state index in [-0.39, 0.29) is 0 Å².